The van der Waals surface area contributed by atoms with Crippen LogP contribution in [0.5, 0.6) is 0 Å². The number of hydrogen-bond donors (Lipinski definition) is 1. The number of hydrogen-bond acceptors (Lipinski definition) is 4. The number of fused-ring (bicyclic) bond motifs is 3. The molecule has 1 N–H and O–H groups in total. The van der Waals surface area contributed by atoms with Gasteiger partial charge in [0.2, 0.25) is 5.89 Å². The van der Waals surface area contributed by atoms with Crippen LogP contribution < -0.4 is 5.32 Å². The molecule has 1 aliphatic rings. The van der Waals surface area contributed by atoms with Gasteiger partial charge in [-0.25, -0.2) is 0 Å². The number of aromatic nitrogens is 2. The van der Waals surface area contributed by atoms with E-state index in [9.17, 15) is 0 Å². The fourth-order valence-corrected chi connectivity index (χ4v) is 2.98. The van der Waals surface area contributed by atoms with Crippen LogP contribution in [0.25, 0.3) is 11.1 Å². The summed E-state index contributed by atoms with van der Waals surface area (Å²) in [6.45, 7) is 2.39. The Morgan fingerprint density at radius 1 is 1.00 bits per heavy atom. The maximum Gasteiger partial charge on any atom is 0.240 e. The summed E-state index contributed by atoms with van der Waals surface area (Å²) in [5.74, 6) is 1.29. The lowest BCUT2D eigenvalue weighted by molar-refractivity contribution is 0.360. The Hall–Kier alpha value is -2.46. The monoisotopic (exact) mass is 277 g/mol. The van der Waals surface area contributed by atoms with Gasteiger partial charge in [-0.3, -0.25) is 5.32 Å². The Morgan fingerprint density at radius 2 is 1.62 bits per heavy atom. The van der Waals surface area contributed by atoms with E-state index in [2.05, 4.69) is 64.0 Å². The SMILES string of the molecule is Cc1noc(CNC2c3ccccc3-c3ccccc32)n1. The van der Waals surface area contributed by atoms with Crippen LogP contribution in [-0.4, -0.2) is 10.1 Å². The summed E-state index contributed by atoms with van der Waals surface area (Å²) in [4.78, 5) is 4.24. The molecule has 2 aromatic carbocycles. The Morgan fingerprint density at radius 3 is 2.19 bits per heavy atom. The first-order valence-corrected chi connectivity index (χ1v) is 7.04. The number of rotatable bonds is 3. The van der Waals surface area contributed by atoms with Gasteiger partial charge in [0.05, 0.1) is 12.6 Å². The molecule has 1 aromatic heterocycles. The fraction of sp³-hybridized carbons (Fsp3) is 0.176. The maximum atomic E-state index is 5.18. The van der Waals surface area contributed by atoms with Crippen LogP contribution in [0, 0.1) is 6.92 Å². The van der Waals surface area contributed by atoms with Gasteiger partial charge in [0.25, 0.3) is 0 Å². The first kappa shape index (κ1) is 12.3. The third kappa shape index (κ3) is 2.04. The van der Waals surface area contributed by atoms with E-state index in [-0.39, 0.29) is 6.04 Å². The van der Waals surface area contributed by atoms with Crippen molar-refractivity contribution in [1.29, 1.82) is 0 Å². The van der Waals surface area contributed by atoms with Gasteiger partial charge in [-0.15, -0.1) is 0 Å². The van der Waals surface area contributed by atoms with Crippen molar-refractivity contribution in [2.75, 3.05) is 0 Å². The van der Waals surface area contributed by atoms with Crippen LogP contribution >= 0.6 is 0 Å². The molecule has 0 atom stereocenters. The first-order chi connectivity index (χ1) is 10.3. The molecule has 1 aliphatic carbocycles. The summed E-state index contributed by atoms with van der Waals surface area (Å²) < 4.78 is 5.18. The lowest BCUT2D eigenvalue weighted by atomic mass is 10.1. The molecule has 0 radical (unpaired) electrons. The van der Waals surface area contributed by atoms with Crippen molar-refractivity contribution in [3.05, 3.63) is 71.4 Å². The Kier molecular flexibility index (Phi) is 2.82. The summed E-state index contributed by atoms with van der Waals surface area (Å²) in [5.41, 5.74) is 5.20. The summed E-state index contributed by atoms with van der Waals surface area (Å²) in [7, 11) is 0. The van der Waals surface area contributed by atoms with Gasteiger partial charge in [0.1, 0.15) is 0 Å². The zero-order valence-electron chi connectivity index (χ0n) is 11.7. The molecule has 4 rings (SSSR count). The smallest absolute Gasteiger partial charge is 0.240 e. The molecule has 4 nitrogen and oxygen atoms in total. The van der Waals surface area contributed by atoms with Crippen LogP contribution in [0.4, 0.5) is 0 Å². The van der Waals surface area contributed by atoms with Gasteiger partial charge in [0, 0.05) is 0 Å². The minimum atomic E-state index is 0.171. The molecule has 0 amide bonds. The third-order valence-electron chi connectivity index (χ3n) is 3.86. The van der Waals surface area contributed by atoms with Gasteiger partial charge in [0.15, 0.2) is 5.82 Å². The van der Waals surface area contributed by atoms with Crippen molar-refractivity contribution in [3.8, 4) is 11.1 Å². The predicted octanol–water partition coefficient (Wildman–Crippen LogP) is 3.24. The van der Waals surface area contributed by atoms with Gasteiger partial charge >= 0.3 is 0 Å². The summed E-state index contributed by atoms with van der Waals surface area (Å²) in [6, 6.07) is 17.2. The molecule has 0 unspecified atom stereocenters. The molecular weight excluding hydrogens is 262 g/mol. The van der Waals surface area contributed by atoms with Crippen LogP contribution in [0.2, 0.25) is 0 Å². The van der Waals surface area contributed by atoms with Crippen molar-refractivity contribution in [3.63, 3.8) is 0 Å². The second kappa shape index (κ2) is 4.82. The fourth-order valence-electron chi connectivity index (χ4n) is 2.98. The predicted molar refractivity (Wildman–Crippen MR) is 79.6 cm³/mol. The molecule has 0 aliphatic heterocycles. The van der Waals surface area contributed by atoms with Crippen LogP contribution in [-0.2, 0) is 6.54 Å². The van der Waals surface area contributed by atoms with Crippen molar-refractivity contribution < 1.29 is 4.52 Å². The summed E-state index contributed by atoms with van der Waals surface area (Å²) in [5, 5.41) is 7.35. The number of nitrogens with one attached hydrogen (secondary N) is 1. The number of benzene rings is 2. The highest BCUT2D eigenvalue weighted by Crippen LogP contribution is 2.42. The van der Waals surface area contributed by atoms with Crippen molar-refractivity contribution in [1.82, 2.24) is 15.5 Å². The van der Waals surface area contributed by atoms with Crippen LogP contribution in [0.3, 0.4) is 0 Å². The number of nitrogens with zero attached hydrogens (tertiary/aromatic N) is 2. The van der Waals surface area contributed by atoms with Crippen LogP contribution in [0.15, 0.2) is 53.1 Å². The lowest BCUT2D eigenvalue weighted by Gasteiger charge is -2.14. The zero-order valence-corrected chi connectivity index (χ0v) is 11.7. The lowest BCUT2D eigenvalue weighted by Crippen LogP contribution is -2.20. The third-order valence-corrected chi connectivity index (χ3v) is 3.86. The highest BCUT2D eigenvalue weighted by atomic mass is 16.5. The first-order valence-electron chi connectivity index (χ1n) is 7.04. The van der Waals surface area contributed by atoms with E-state index < -0.39 is 0 Å². The molecule has 4 heteroatoms. The average molecular weight is 277 g/mol. The van der Waals surface area contributed by atoms with Gasteiger partial charge in [-0.1, -0.05) is 53.7 Å². The Balaban J connectivity index is 1.68. The quantitative estimate of drug-likeness (QED) is 0.798. The van der Waals surface area contributed by atoms with Gasteiger partial charge in [-0.2, -0.15) is 4.98 Å². The molecule has 0 saturated heterocycles. The maximum absolute atomic E-state index is 5.18. The molecule has 21 heavy (non-hydrogen) atoms. The number of aryl methyl sites for hydroxylation is 1. The zero-order chi connectivity index (χ0) is 14.2. The Bertz CT molecular complexity index is 748. The standard InChI is InChI=1S/C17H15N3O/c1-11-19-16(21-20-11)10-18-17-14-8-4-2-6-12(14)13-7-3-5-9-15(13)17/h2-9,17-18H,10H2,1H3. The molecular formula is C17H15N3O. The van der Waals surface area contributed by atoms with E-state index in [0.29, 0.717) is 18.3 Å². The van der Waals surface area contributed by atoms with Crippen molar-refractivity contribution in [2.24, 2.45) is 0 Å². The summed E-state index contributed by atoms with van der Waals surface area (Å²) >= 11 is 0. The van der Waals surface area contributed by atoms with Crippen molar-refractivity contribution in [2.45, 2.75) is 19.5 Å². The summed E-state index contributed by atoms with van der Waals surface area (Å²) in [6.07, 6.45) is 0. The van der Waals surface area contributed by atoms with E-state index in [1.807, 2.05) is 6.92 Å². The molecule has 0 bridgehead atoms. The normalized spacial score (nSPS) is 13.2. The minimum absolute atomic E-state index is 0.171. The topological polar surface area (TPSA) is 51.0 Å². The molecule has 0 spiro atoms. The van der Waals surface area contributed by atoms with E-state index in [0.717, 1.165) is 0 Å². The van der Waals surface area contributed by atoms with Crippen molar-refractivity contribution >= 4 is 0 Å². The largest absolute Gasteiger partial charge is 0.338 e. The minimum Gasteiger partial charge on any atom is -0.338 e. The molecule has 3 aromatic rings. The molecule has 1 heterocycles. The van der Waals surface area contributed by atoms with E-state index in [1.165, 1.54) is 22.3 Å². The van der Waals surface area contributed by atoms with Gasteiger partial charge < -0.3 is 4.52 Å². The second-order valence-corrected chi connectivity index (χ2v) is 5.22. The average Bonchev–Trinajstić information content (AvgIpc) is 3.07. The highest BCUT2D eigenvalue weighted by molar-refractivity contribution is 5.78. The molecule has 0 fully saturated rings. The van der Waals surface area contributed by atoms with E-state index in [4.69, 9.17) is 4.52 Å². The second-order valence-electron chi connectivity index (χ2n) is 5.22. The Labute approximate surface area is 122 Å². The highest BCUT2D eigenvalue weighted by Gasteiger charge is 2.27. The van der Waals surface area contributed by atoms with Crippen LogP contribution in [0.1, 0.15) is 28.9 Å². The molecule has 104 valence electrons. The molecule has 0 saturated carbocycles. The van der Waals surface area contributed by atoms with E-state index >= 15 is 0 Å². The van der Waals surface area contributed by atoms with Gasteiger partial charge in [-0.05, 0) is 29.2 Å². The van der Waals surface area contributed by atoms with E-state index in [1.54, 1.807) is 0 Å².